The number of aliphatic hydroxyl groups excluding tert-OH is 2. The minimum absolute atomic E-state index is 0.310. The number of carbonyl (C=O) groups is 1. The van der Waals surface area contributed by atoms with Crippen molar-refractivity contribution in [1.29, 1.82) is 0 Å². The van der Waals surface area contributed by atoms with E-state index in [0.717, 1.165) is 0 Å². The van der Waals surface area contributed by atoms with E-state index in [4.69, 9.17) is 14.9 Å². The zero-order chi connectivity index (χ0) is 12.0. The van der Waals surface area contributed by atoms with Gasteiger partial charge in [0.1, 0.15) is 5.75 Å². The van der Waals surface area contributed by atoms with Gasteiger partial charge in [-0.2, -0.15) is 0 Å². The first kappa shape index (κ1) is 12.4. The molecule has 0 aromatic carbocycles. The topological polar surface area (TPSA) is 91.7 Å². The monoisotopic (exact) mass is 226 g/mol. The summed E-state index contributed by atoms with van der Waals surface area (Å²) in [7, 11) is 1.43. The quantitative estimate of drug-likeness (QED) is 0.609. The summed E-state index contributed by atoms with van der Waals surface area (Å²) in [6.45, 7) is -0.648. The van der Waals surface area contributed by atoms with Crippen LogP contribution in [0.2, 0.25) is 0 Å². The van der Waals surface area contributed by atoms with E-state index in [1.165, 1.54) is 25.6 Å². The Kier molecular flexibility index (Phi) is 4.68. The van der Waals surface area contributed by atoms with Crippen LogP contribution in [0.15, 0.2) is 18.5 Å². The lowest BCUT2D eigenvalue weighted by molar-refractivity contribution is 0.0876. The number of aromatic nitrogens is 1. The van der Waals surface area contributed by atoms with Crippen molar-refractivity contribution in [2.45, 2.75) is 6.04 Å². The van der Waals surface area contributed by atoms with Gasteiger partial charge in [-0.1, -0.05) is 0 Å². The molecule has 1 heterocycles. The summed E-state index contributed by atoms with van der Waals surface area (Å²) < 4.78 is 4.97. The predicted molar refractivity (Wildman–Crippen MR) is 56.2 cm³/mol. The standard InChI is InChI=1S/C10H14N2O4/c1-16-9-4-11-3-2-8(9)10(15)12-7(5-13)6-14/h2-4,7,13-14H,5-6H2,1H3,(H,12,15). The fraction of sp³-hybridized carbons (Fsp3) is 0.400. The minimum Gasteiger partial charge on any atom is -0.494 e. The van der Waals surface area contributed by atoms with Gasteiger partial charge in [-0.25, -0.2) is 0 Å². The van der Waals surface area contributed by atoms with Crippen molar-refractivity contribution in [3.63, 3.8) is 0 Å². The van der Waals surface area contributed by atoms with Gasteiger partial charge in [0, 0.05) is 6.20 Å². The highest BCUT2D eigenvalue weighted by molar-refractivity contribution is 5.96. The molecule has 1 amide bonds. The van der Waals surface area contributed by atoms with Crippen LogP contribution in [0, 0.1) is 0 Å². The molecule has 0 saturated carbocycles. The van der Waals surface area contributed by atoms with Crippen LogP contribution >= 0.6 is 0 Å². The lowest BCUT2D eigenvalue weighted by atomic mass is 10.2. The fourth-order valence-corrected chi connectivity index (χ4v) is 1.14. The number of pyridine rings is 1. The van der Waals surface area contributed by atoms with E-state index in [2.05, 4.69) is 10.3 Å². The van der Waals surface area contributed by atoms with Crippen LogP contribution in [-0.2, 0) is 0 Å². The predicted octanol–water partition coefficient (Wildman–Crippen LogP) is -0.827. The van der Waals surface area contributed by atoms with Gasteiger partial charge in [-0.3, -0.25) is 9.78 Å². The number of hydrogen-bond donors (Lipinski definition) is 3. The Hall–Kier alpha value is -1.66. The number of nitrogens with one attached hydrogen (secondary N) is 1. The van der Waals surface area contributed by atoms with E-state index >= 15 is 0 Å². The Bertz CT molecular complexity index is 352. The summed E-state index contributed by atoms with van der Waals surface area (Å²) in [5.41, 5.74) is 0.310. The Balaban J connectivity index is 2.79. The third-order valence-corrected chi connectivity index (χ3v) is 2.03. The summed E-state index contributed by atoms with van der Waals surface area (Å²) in [4.78, 5) is 15.5. The van der Waals surface area contributed by atoms with Gasteiger partial charge in [0.05, 0.1) is 38.1 Å². The molecular formula is C10H14N2O4. The van der Waals surface area contributed by atoms with E-state index in [1.807, 2.05) is 0 Å². The molecule has 0 fully saturated rings. The molecule has 0 atom stereocenters. The van der Waals surface area contributed by atoms with E-state index in [1.54, 1.807) is 0 Å². The van der Waals surface area contributed by atoms with E-state index < -0.39 is 11.9 Å². The number of nitrogens with zero attached hydrogens (tertiary/aromatic N) is 1. The summed E-state index contributed by atoms with van der Waals surface area (Å²) in [5.74, 6) is -0.0815. The fourth-order valence-electron chi connectivity index (χ4n) is 1.14. The maximum absolute atomic E-state index is 11.7. The second-order valence-corrected chi connectivity index (χ2v) is 3.11. The molecule has 0 spiro atoms. The third-order valence-electron chi connectivity index (χ3n) is 2.03. The second kappa shape index (κ2) is 6.04. The lowest BCUT2D eigenvalue weighted by Crippen LogP contribution is -2.40. The summed E-state index contributed by atoms with van der Waals surface area (Å²) in [6.07, 6.45) is 2.88. The van der Waals surface area contributed by atoms with Gasteiger partial charge in [-0.15, -0.1) is 0 Å². The first-order valence-corrected chi connectivity index (χ1v) is 4.73. The summed E-state index contributed by atoms with van der Waals surface area (Å²) in [5, 5.41) is 20.1. The normalized spacial score (nSPS) is 10.2. The molecule has 3 N–H and O–H groups in total. The van der Waals surface area contributed by atoms with Gasteiger partial charge in [0.25, 0.3) is 5.91 Å². The lowest BCUT2D eigenvalue weighted by Gasteiger charge is -2.14. The van der Waals surface area contributed by atoms with Crippen molar-refractivity contribution in [2.24, 2.45) is 0 Å². The Morgan fingerprint density at radius 3 is 2.81 bits per heavy atom. The highest BCUT2D eigenvalue weighted by Gasteiger charge is 2.15. The highest BCUT2D eigenvalue weighted by atomic mass is 16.5. The second-order valence-electron chi connectivity index (χ2n) is 3.11. The van der Waals surface area contributed by atoms with E-state index in [0.29, 0.717) is 11.3 Å². The van der Waals surface area contributed by atoms with Gasteiger partial charge in [-0.05, 0) is 6.07 Å². The smallest absolute Gasteiger partial charge is 0.255 e. The average molecular weight is 226 g/mol. The van der Waals surface area contributed by atoms with Crippen molar-refractivity contribution in [3.05, 3.63) is 24.0 Å². The maximum atomic E-state index is 11.7. The molecule has 1 aromatic heterocycles. The number of rotatable bonds is 5. The molecule has 0 aliphatic carbocycles. The number of ether oxygens (including phenoxy) is 1. The van der Waals surface area contributed by atoms with Crippen LogP contribution in [0.4, 0.5) is 0 Å². The molecule has 6 heteroatoms. The van der Waals surface area contributed by atoms with Gasteiger partial charge in [0.15, 0.2) is 0 Å². The van der Waals surface area contributed by atoms with Crippen LogP contribution < -0.4 is 10.1 Å². The SMILES string of the molecule is COc1cnccc1C(=O)NC(CO)CO. The molecule has 0 unspecified atom stereocenters. The molecule has 0 radical (unpaired) electrons. The molecular weight excluding hydrogens is 212 g/mol. The number of methoxy groups -OCH3 is 1. The van der Waals surface area contributed by atoms with Crippen molar-refractivity contribution >= 4 is 5.91 Å². The van der Waals surface area contributed by atoms with Gasteiger partial charge >= 0.3 is 0 Å². The van der Waals surface area contributed by atoms with E-state index in [9.17, 15) is 4.79 Å². The van der Waals surface area contributed by atoms with Gasteiger partial charge < -0.3 is 20.3 Å². The number of amides is 1. The van der Waals surface area contributed by atoms with Crippen LogP contribution in [0.3, 0.4) is 0 Å². The zero-order valence-electron chi connectivity index (χ0n) is 8.88. The molecule has 88 valence electrons. The Morgan fingerprint density at radius 1 is 1.56 bits per heavy atom. The Morgan fingerprint density at radius 2 is 2.25 bits per heavy atom. The van der Waals surface area contributed by atoms with Crippen LogP contribution in [-0.4, -0.2) is 47.5 Å². The van der Waals surface area contributed by atoms with Crippen molar-refractivity contribution < 1.29 is 19.7 Å². The molecule has 1 rings (SSSR count). The molecule has 6 nitrogen and oxygen atoms in total. The molecule has 0 aliphatic rings. The number of aliphatic hydroxyl groups is 2. The minimum atomic E-state index is -0.676. The van der Waals surface area contributed by atoms with Crippen molar-refractivity contribution in [2.75, 3.05) is 20.3 Å². The van der Waals surface area contributed by atoms with Crippen LogP contribution in [0.5, 0.6) is 5.75 Å². The molecule has 16 heavy (non-hydrogen) atoms. The molecule has 0 saturated heterocycles. The number of hydrogen-bond acceptors (Lipinski definition) is 5. The summed E-state index contributed by atoms with van der Waals surface area (Å²) in [6, 6.07) is 0.824. The first-order valence-electron chi connectivity index (χ1n) is 4.73. The summed E-state index contributed by atoms with van der Waals surface area (Å²) >= 11 is 0. The Labute approximate surface area is 92.9 Å². The van der Waals surface area contributed by atoms with E-state index in [-0.39, 0.29) is 13.2 Å². The maximum Gasteiger partial charge on any atom is 0.255 e. The van der Waals surface area contributed by atoms with Crippen molar-refractivity contribution in [3.8, 4) is 5.75 Å². The van der Waals surface area contributed by atoms with Crippen molar-refractivity contribution in [1.82, 2.24) is 10.3 Å². The van der Waals surface area contributed by atoms with Crippen LogP contribution in [0.25, 0.3) is 0 Å². The number of carbonyl (C=O) groups excluding carboxylic acids is 1. The molecule has 0 bridgehead atoms. The highest BCUT2D eigenvalue weighted by Crippen LogP contribution is 2.15. The first-order chi connectivity index (χ1) is 7.72. The van der Waals surface area contributed by atoms with Crippen LogP contribution in [0.1, 0.15) is 10.4 Å². The average Bonchev–Trinajstić information content (AvgIpc) is 2.35. The molecule has 0 aliphatic heterocycles. The largest absolute Gasteiger partial charge is 0.494 e. The third kappa shape index (κ3) is 2.91. The zero-order valence-corrected chi connectivity index (χ0v) is 8.88. The van der Waals surface area contributed by atoms with Gasteiger partial charge in [0.2, 0.25) is 0 Å². The molecule has 1 aromatic rings.